The summed E-state index contributed by atoms with van der Waals surface area (Å²) in [6, 6.07) is 0. The number of halogens is 2. The monoisotopic (exact) mass is 231 g/mol. The number of rotatable bonds is 2. The Morgan fingerprint density at radius 3 is 2.92 bits per heavy atom. The van der Waals surface area contributed by atoms with Crippen LogP contribution in [0, 0.1) is 5.82 Å². The summed E-state index contributed by atoms with van der Waals surface area (Å²) in [6.45, 7) is 0. The molecule has 1 fully saturated rings. The third-order valence-corrected chi connectivity index (χ3v) is 2.39. The molecule has 0 saturated heterocycles. The molecule has 0 N–H and O–H groups in total. The quantitative estimate of drug-likeness (QED) is 0.781. The second-order valence-electron chi connectivity index (χ2n) is 2.75. The molecule has 1 heterocycles. The van der Waals surface area contributed by atoms with Crippen LogP contribution < -0.4 is 4.74 Å². The van der Waals surface area contributed by atoms with E-state index in [4.69, 9.17) is 4.74 Å². The van der Waals surface area contributed by atoms with Crippen LogP contribution in [0.4, 0.5) is 4.39 Å². The molecule has 0 aliphatic heterocycles. The highest BCUT2D eigenvalue weighted by Crippen LogP contribution is 2.32. The highest BCUT2D eigenvalue weighted by atomic mass is 79.9. The molecule has 0 bridgehead atoms. The predicted molar refractivity (Wildman–Crippen MR) is 45.5 cm³/mol. The number of aromatic nitrogens is 1. The molecular weight excluding hydrogens is 225 g/mol. The minimum Gasteiger partial charge on any atom is -0.488 e. The molecule has 0 radical (unpaired) electrons. The Morgan fingerprint density at radius 2 is 2.25 bits per heavy atom. The minimum atomic E-state index is -0.381. The molecule has 1 aliphatic rings. The second-order valence-corrected chi connectivity index (χ2v) is 3.54. The third-order valence-electron chi connectivity index (χ3n) is 1.62. The van der Waals surface area contributed by atoms with Crippen molar-refractivity contribution in [2.45, 2.75) is 18.9 Å². The smallest absolute Gasteiger partial charge is 0.159 e. The van der Waals surface area contributed by atoms with Gasteiger partial charge >= 0.3 is 0 Å². The Hall–Kier alpha value is -0.640. The molecule has 1 aromatic rings. The SMILES string of the molecule is Fc1cncc(OC2CC2)c1Br. The average molecular weight is 232 g/mol. The standard InChI is InChI=1S/C8H7BrFNO/c9-8-6(10)3-11-4-7(8)12-5-1-2-5/h3-5H,1-2H2. The van der Waals surface area contributed by atoms with Crippen molar-refractivity contribution in [1.29, 1.82) is 0 Å². The topological polar surface area (TPSA) is 22.1 Å². The average Bonchev–Trinajstić information content (AvgIpc) is 2.83. The van der Waals surface area contributed by atoms with Crippen molar-refractivity contribution in [3.05, 3.63) is 22.7 Å². The maximum atomic E-state index is 12.9. The van der Waals surface area contributed by atoms with Crippen LogP contribution in [-0.2, 0) is 0 Å². The maximum absolute atomic E-state index is 12.9. The van der Waals surface area contributed by atoms with Crippen molar-refractivity contribution in [2.24, 2.45) is 0 Å². The van der Waals surface area contributed by atoms with E-state index in [1.807, 2.05) is 0 Å². The first kappa shape index (κ1) is 7.98. The Morgan fingerprint density at radius 1 is 1.50 bits per heavy atom. The molecule has 1 aromatic heterocycles. The molecule has 0 amide bonds. The molecule has 2 nitrogen and oxygen atoms in total. The van der Waals surface area contributed by atoms with E-state index in [-0.39, 0.29) is 11.9 Å². The predicted octanol–water partition coefficient (Wildman–Crippen LogP) is 2.52. The van der Waals surface area contributed by atoms with Gasteiger partial charge in [0, 0.05) is 0 Å². The Balaban J connectivity index is 2.23. The molecule has 0 spiro atoms. The van der Waals surface area contributed by atoms with Crippen LogP contribution >= 0.6 is 15.9 Å². The van der Waals surface area contributed by atoms with Gasteiger partial charge in [0.1, 0.15) is 0 Å². The Kier molecular flexibility index (Phi) is 2.00. The second kappa shape index (κ2) is 3.01. The molecule has 1 aliphatic carbocycles. The highest BCUT2D eigenvalue weighted by molar-refractivity contribution is 9.10. The van der Waals surface area contributed by atoms with Gasteiger partial charge in [0.05, 0.1) is 23.0 Å². The summed E-state index contributed by atoms with van der Waals surface area (Å²) in [5.74, 6) is 0.116. The van der Waals surface area contributed by atoms with Crippen molar-refractivity contribution in [3.63, 3.8) is 0 Å². The number of hydrogen-bond donors (Lipinski definition) is 0. The van der Waals surface area contributed by atoms with Gasteiger partial charge in [0.2, 0.25) is 0 Å². The minimum absolute atomic E-state index is 0.268. The van der Waals surface area contributed by atoms with E-state index in [2.05, 4.69) is 20.9 Å². The van der Waals surface area contributed by atoms with Gasteiger partial charge in [0.15, 0.2) is 11.6 Å². The normalized spacial score (nSPS) is 16.2. The summed E-state index contributed by atoms with van der Waals surface area (Å²) >= 11 is 3.10. The molecule has 1 saturated carbocycles. The molecule has 2 rings (SSSR count). The first-order valence-corrected chi connectivity index (χ1v) is 4.52. The Bertz CT molecular complexity index is 301. The molecule has 4 heteroatoms. The summed E-state index contributed by atoms with van der Waals surface area (Å²) in [5.41, 5.74) is 0. The number of ether oxygens (including phenoxy) is 1. The summed E-state index contributed by atoms with van der Waals surface area (Å²) < 4.78 is 18.6. The fraction of sp³-hybridized carbons (Fsp3) is 0.375. The van der Waals surface area contributed by atoms with Crippen molar-refractivity contribution in [2.75, 3.05) is 0 Å². The molecule has 0 atom stereocenters. The van der Waals surface area contributed by atoms with Crippen LogP contribution in [0.5, 0.6) is 5.75 Å². The van der Waals surface area contributed by atoms with E-state index in [0.717, 1.165) is 19.0 Å². The van der Waals surface area contributed by atoms with Crippen molar-refractivity contribution in [3.8, 4) is 5.75 Å². The van der Waals surface area contributed by atoms with Gasteiger partial charge < -0.3 is 4.74 Å². The highest BCUT2D eigenvalue weighted by Gasteiger charge is 2.24. The van der Waals surface area contributed by atoms with Crippen molar-refractivity contribution < 1.29 is 9.13 Å². The van der Waals surface area contributed by atoms with Crippen LogP contribution in [0.15, 0.2) is 16.9 Å². The van der Waals surface area contributed by atoms with Gasteiger partial charge in [-0.2, -0.15) is 0 Å². The summed E-state index contributed by atoms with van der Waals surface area (Å²) in [6.07, 6.45) is 5.06. The van der Waals surface area contributed by atoms with Gasteiger partial charge in [-0.25, -0.2) is 4.39 Å². The van der Waals surface area contributed by atoms with E-state index in [1.54, 1.807) is 0 Å². The van der Waals surface area contributed by atoms with E-state index in [1.165, 1.54) is 6.20 Å². The Labute approximate surface area is 77.9 Å². The molecule has 0 unspecified atom stereocenters. The van der Waals surface area contributed by atoms with Crippen molar-refractivity contribution >= 4 is 15.9 Å². The third kappa shape index (κ3) is 1.58. The molecule has 0 aromatic carbocycles. The first-order chi connectivity index (χ1) is 5.77. The van der Waals surface area contributed by atoms with Crippen LogP contribution in [0.3, 0.4) is 0 Å². The summed E-state index contributed by atoms with van der Waals surface area (Å²) in [5, 5.41) is 0. The van der Waals surface area contributed by atoms with Gasteiger partial charge in [-0.15, -0.1) is 0 Å². The zero-order valence-electron chi connectivity index (χ0n) is 6.26. The zero-order chi connectivity index (χ0) is 8.55. The molecule has 64 valence electrons. The van der Waals surface area contributed by atoms with Crippen LogP contribution in [0.1, 0.15) is 12.8 Å². The number of nitrogens with zero attached hydrogens (tertiary/aromatic N) is 1. The summed E-state index contributed by atoms with van der Waals surface area (Å²) in [7, 11) is 0. The lowest BCUT2D eigenvalue weighted by atomic mass is 10.4. The van der Waals surface area contributed by atoms with Gasteiger partial charge in [-0.1, -0.05) is 0 Å². The fourth-order valence-electron chi connectivity index (χ4n) is 0.849. The van der Waals surface area contributed by atoms with E-state index in [0.29, 0.717) is 10.2 Å². The van der Waals surface area contributed by atoms with E-state index in [9.17, 15) is 4.39 Å². The fourth-order valence-corrected chi connectivity index (χ4v) is 1.15. The van der Waals surface area contributed by atoms with Gasteiger partial charge in [-0.3, -0.25) is 4.98 Å². The lowest BCUT2D eigenvalue weighted by molar-refractivity contribution is 0.298. The molecule has 12 heavy (non-hydrogen) atoms. The van der Waals surface area contributed by atoms with Crippen LogP contribution in [0.2, 0.25) is 0 Å². The number of pyridine rings is 1. The van der Waals surface area contributed by atoms with Crippen LogP contribution in [-0.4, -0.2) is 11.1 Å². The zero-order valence-corrected chi connectivity index (χ0v) is 7.84. The van der Waals surface area contributed by atoms with Crippen LogP contribution in [0.25, 0.3) is 0 Å². The lowest BCUT2D eigenvalue weighted by Gasteiger charge is -2.05. The van der Waals surface area contributed by atoms with E-state index < -0.39 is 0 Å². The number of hydrogen-bond acceptors (Lipinski definition) is 2. The largest absolute Gasteiger partial charge is 0.488 e. The van der Waals surface area contributed by atoms with Gasteiger partial charge in [0.25, 0.3) is 0 Å². The van der Waals surface area contributed by atoms with Crippen molar-refractivity contribution in [1.82, 2.24) is 4.98 Å². The maximum Gasteiger partial charge on any atom is 0.159 e. The summed E-state index contributed by atoms with van der Waals surface area (Å²) in [4.78, 5) is 3.70. The van der Waals surface area contributed by atoms with Gasteiger partial charge in [-0.05, 0) is 28.8 Å². The lowest BCUT2D eigenvalue weighted by Crippen LogP contribution is -1.98. The van der Waals surface area contributed by atoms with E-state index >= 15 is 0 Å². The molecular formula is C8H7BrFNO. The first-order valence-electron chi connectivity index (χ1n) is 3.73.